The molecule has 2 nitrogen and oxygen atoms in total. The Hall–Kier alpha value is -0.540. The fourth-order valence-electron chi connectivity index (χ4n) is 1.92. The number of halogens is 2. The molecule has 2 aromatic rings. The standard InChI is InChI=1S/C12H14BrClN2/c1-2-16-11-6-5-9(13)8-10(11)15-12(16)4-3-7-14/h5-6,8H,2-4,7H2,1H3. The van der Waals surface area contributed by atoms with Crippen molar-refractivity contribution in [1.82, 2.24) is 9.55 Å². The summed E-state index contributed by atoms with van der Waals surface area (Å²) in [5.74, 6) is 1.83. The SMILES string of the molecule is CCn1c(CCCCl)nc2cc(Br)ccc21. The zero-order chi connectivity index (χ0) is 11.5. The van der Waals surface area contributed by atoms with E-state index >= 15 is 0 Å². The summed E-state index contributed by atoms with van der Waals surface area (Å²) in [4.78, 5) is 4.66. The van der Waals surface area contributed by atoms with Gasteiger partial charge in [-0.25, -0.2) is 4.98 Å². The minimum atomic E-state index is 0.691. The molecule has 1 aromatic carbocycles. The van der Waals surface area contributed by atoms with Crippen LogP contribution in [0.15, 0.2) is 22.7 Å². The highest BCUT2D eigenvalue weighted by Crippen LogP contribution is 2.21. The van der Waals surface area contributed by atoms with Crippen molar-refractivity contribution in [1.29, 1.82) is 0 Å². The Kier molecular flexibility index (Phi) is 3.87. The van der Waals surface area contributed by atoms with Crippen molar-refractivity contribution in [2.45, 2.75) is 26.3 Å². The monoisotopic (exact) mass is 300 g/mol. The van der Waals surface area contributed by atoms with Crippen molar-refractivity contribution in [2.24, 2.45) is 0 Å². The van der Waals surface area contributed by atoms with Gasteiger partial charge in [0.05, 0.1) is 11.0 Å². The van der Waals surface area contributed by atoms with E-state index in [0.717, 1.165) is 35.2 Å². The van der Waals surface area contributed by atoms with E-state index in [0.29, 0.717) is 5.88 Å². The number of benzene rings is 1. The number of fused-ring (bicyclic) bond motifs is 1. The first kappa shape index (κ1) is 11.9. The van der Waals surface area contributed by atoms with Crippen molar-refractivity contribution in [3.63, 3.8) is 0 Å². The molecule has 0 aliphatic rings. The van der Waals surface area contributed by atoms with E-state index in [1.165, 1.54) is 5.52 Å². The lowest BCUT2D eigenvalue weighted by atomic mass is 10.3. The van der Waals surface area contributed by atoms with Crippen LogP contribution in [0.1, 0.15) is 19.2 Å². The summed E-state index contributed by atoms with van der Waals surface area (Å²) in [6.07, 6.45) is 1.93. The second kappa shape index (κ2) is 5.19. The Bertz CT molecular complexity index is 493. The highest BCUT2D eigenvalue weighted by Gasteiger charge is 2.08. The molecule has 0 spiro atoms. The van der Waals surface area contributed by atoms with Crippen LogP contribution in [0, 0.1) is 0 Å². The molecule has 2 rings (SSSR count). The van der Waals surface area contributed by atoms with Crippen LogP contribution in [-0.4, -0.2) is 15.4 Å². The van der Waals surface area contributed by atoms with Crippen LogP contribution >= 0.6 is 27.5 Å². The van der Waals surface area contributed by atoms with Crippen LogP contribution < -0.4 is 0 Å². The molecule has 16 heavy (non-hydrogen) atoms. The van der Waals surface area contributed by atoms with Gasteiger partial charge in [-0.3, -0.25) is 0 Å². The molecule has 0 bridgehead atoms. The Labute approximate surface area is 109 Å². The summed E-state index contributed by atoms with van der Waals surface area (Å²) < 4.78 is 3.33. The number of hydrogen-bond acceptors (Lipinski definition) is 1. The van der Waals surface area contributed by atoms with E-state index < -0.39 is 0 Å². The van der Waals surface area contributed by atoms with E-state index in [-0.39, 0.29) is 0 Å². The summed E-state index contributed by atoms with van der Waals surface area (Å²) in [6, 6.07) is 6.23. The number of rotatable bonds is 4. The van der Waals surface area contributed by atoms with Gasteiger partial charge in [0.1, 0.15) is 5.82 Å². The lowest BCUT2D eigenvalue weighted by Gasteiger charge is -2.04. The van der Waals surface area contributed by atoms with Crippen LogP contribution in [0.3, 0.4) is 0 Å². The van der Waals surface area contributed by atoms with E-state index in [9.17, 15) is 0 Å². The first-order valence-electron chi connectivity index (χ1n) is 5.47. The molecule has 0 radical (unpaired) electrons. The number of hydrogen-bond donors (Lipinski definition) is 0. The highest BCUT2D eigenvalue weighted by atomic mass is 79.9. The summed E-state index contributed by atoms with van der Waals surface area (Å²) in [7, 11) is 0. The van der Waals surface area contributed by atoms with E-state index in [1.54, 1.807) is 0 Å². The van der Waals surface area contributed by atoms with Crippen LogP contribution in [0.4, 0.5) is 0 Å². The molecular weight excluding hydrogens is 288 g/mol. The van der Waals surface area contributed by atoms with Gasteiger partial charge in [-0.05, 0) is 31.5 Å². The quantitative estimate of drug-likeness (QED) is 0.781. The topological polar surface area (TPSA) is 17.8 Å². The van der Waals surface area contributed by atoms with Gasteiger partial charge in [0.25, 0.3) is 0 Å². The molecule has 0 aliphatic carbocycles. The fourth-order valence-corrected chi connectivity index (χ4v) is 2.40. The van der Waals surface area contributed by atoms with Gasteiger partial charge in [0.2, 0.25) is 0 Å². The fraction of sp³-hybridized carbons (Fsp3) is 0.417. The minimum Gasteiger partial charge on any atom is -0.328 e. The number of aryl methyl sites for hydroxylation is 2. The van der Waals surface area contributed by atoms with Crippen molar-refractivity contribution in [3.05, 3.63) is 28.5 Å². The van der Waals surface area contributed by atoms with Gasteiger partial charge >= 0.3 is 0 Å². The van der Waals surface area contributed by atoms with E-state index in [1.807, 2.05) is 0 Å². The lowest BCUT2D eigenvalue weighted by Crippen LogP contribution is -2.01. The molecule has 0 fully saturated rings. The average Bonchev–Trinajstić information content (AvgIpc) is 2.62. The Morgan fingerprint density at radius 1 is 1.44 bits per heavy atom. The van der Waals surface area contributed by atoms with Crippen LogP contribution in [0.5, 0.6) is 0 Å². The maximum absolute atomic E-state index is 5.73. The third-order valence-electron chi connectivity index (χ3n) is 2.64. The number of aromatic nitrogens is 2. The number of alkyl halides is 1. The smallest absolute Gasteiger partial charge is 0.109 e. The van der Waals surface area contributed by atoms with Gasteiger partial charge in [0, 0.05) is 23.3 Å². The Balaban J connectivity index is 2.48. The molecule has 0 saturated carbocycles. The summed E-state index contributed by atoms with van der Waals surface area (Å²) in [5.41, 5.74) is 2.26. The maximum atomic E-state index is 5.73. The van der Waals surface area contributed by atoms with Crippen molar-refractivity contribution in [2.75, 3.05) is 5.88 Å². The molecule has 0 saturated heterocycles. The highest BCUT2D eigenvalue weighted by molar-refractivity contribution is 9.10. The number of nitrogens with zero attached hydrogens (tertiary/aromatic N) is 2. The van der Waals surface area contributed by atoms with E-state index in [4.69, 9.17) is 11.6 Å². The largest absolute Gasteiger partial charge is 0.328 e. The van der Waals surface area contributed by atoms with Gasteiger partial charge in [-0.1, -0.05) is 15.9 Å². The van der Waals surface area contributed by atoms with Gasteiger partial charge in [-0.2, -0.15) is 0 Å². The predicted molar refractivity (Wildman–Crippen MR) is 72.1 cm³/mol. The summed E-state index contributed by atoms with van der Waals surface area (Å²) >= 11 is 9.20. The molecule has 86 valence electrons. The first-order valence-corrected chi connectivity index (χ1v) is 6.79. The minimum absolute atomic E-state index is 0.691. The molecule has 0 N–H and O–H groups in total. The average molecular weight is 302 g/mol. The van der Waals surface area contributed by atoms with Crippen molar-refractivity contribution in [3.8, 4) is 0 Å². The third kappa shape index (κ3) is 2.25. The Morgan fingerprint density at radius 2 is 2.25 bits per heavy atom. The predicted octanol–water partition coefficient (Wildman–Crippen LogP) is 3.99. The van der Waals surface area contributed by atoms with Crippen molar-refractivity contribution < 1.29 is 0 Å². The lowest BCUT2D eigenvalue weighted by molar-refractivity contribution is 0.702. The Morgan fingerprint density at radius 3 is 2.94 bits per heavy atom. The summed E-state index contributed by atoms with van der Waals surface area (Å²) in [6.45, 7) is 3.10. The molecule has 0 unspecified atom stereocenters. The third-order valence-corrected chi connectivity index (χ3v) is 3.40. The number of imidazole rings is 1. The molecule has 0 atom stereocenters. The zero-order valence-electron chi connectivity index (χ0n) is 9.21. The molecular formula is C12H14BrClN2. The van der Waals surface area contributed by atoms with Crippen LogP contribution in [-0.2, 0) is 13.0 Å². The van der Waals surface area contributed by atoms with Gasteiger partial charge in [0.15, 0.2) is 0 Å². The second-order valence-corrected chi connectivity index (χ2v) is 4.99. The molecule has 0 amide bonds. The molecule has 0 aliphatic heterocycles. The van der Waals surface area contributed by atoms with Gasteiger partial charge in [-0.15, -0.1) is 11.6 Å². The van der Waals surface area contributed by atoms with Gasteiger partial charge < -0.3 is 4.57 Å². The first-order chi connectivity index (χ1) is 7.76. The zero-order valence-corrected chi connectivity index (χ0v) is 11.6. The van der Waals surface area contributed by atoms with Crippen LogP contribution in [0.2, 0.25) is 0 Å². The maximum Gasteiger partial charge on any atom is 0.109 e. The molecule has 4 heteroatoms. The van der Waals surface area contributed by atoms with Crippen molar-refractivity contribution >= 4 is 38.6 Å². The molecule has 1 aromatic heterocycles. The molecule has 1 heterocycles. The van der Waals surface area contributed by atoms with E-state index in [2.05, 4.69) is 50.6 Å². The normalized spacial score (nSPS) is 11.2. The van der Waals surface area contributed by atoms with Crippen LogP contribution in [0.25, 0.3) is 11.0 Å². The second-order valence-electron chi connectivity index (χ2n) is 3.70. The summed E-state index contributed by atoms with van der Waals surface area (Å²) in [5, 5.41) is 0.